The van der Waals surface area contributed by atoms with Crippen LogP contribution in [0.2, 0.25) is 0 Å². The number of halogens is 2. The number of fused-ring (bicyclic) bond motifs is 2. The number of aliphatic hydroxyl groups excluding tert-OH is 1. The second kappa shape index (κ2) is 10.8. The van der Waals surface area contributed by atoms with E-state index in [0.717, 1.165) is 12.3 Å². The highest BCUT2D eigenvalue weighted by atomic mass is 32.2. The van der Waals surface area contributed by atoms with E-state index in [-0.39, 0.29) is 17.4 Å². The van der Waals surface area contributed by atoms with Crippen molar-refractivity contribution in [2.24, 2.45) is 0 Å². The van der Waals surface area contributed by atoms with Crippen LogP contribution in [0.25, 0.3) is 10.9 Å². The molecule has 2 aromatic carbocycles. The third kappa shape index (κ3) is 4.90. The monoisotopic (exact) mass is 600 g/mol. The van der Waals surface area contributed by atoms with Crippen LogP contribution in [0.1, 0.15) is 35.8 Å². The number of rotatable bonds is 8. The molecule has 0 saturated carbocycles. The number of β-lactam (4-membered cyclic amide) rings is 1. The summed E-state index contributed by atoms with van der Waals surface area (Å²) in [5.74, 6) is -6.04. The molecule has 3 amide bonds. The van der Waals surface area contributed by atoms with E-state index in [2.05, 4.69) is 10.6 Å². The highest BCUT2D eigenvalue weighted by Gasteiger charge is 2.64. The Labute approximate surface area is 241 Å². The molecule has 3 aromatic rings. The summed E-state index contributed by atoms with van der Waals surface area (Å²) in [5, 5.41) is 23.3. The summed E-state index contributed by atoms with van der Waals surface area (Å²) in [6, 6.07) is 5.96. The molecule has 2 fully saturated rings. The normalized spacial score (nSPS) is 21.4. The Morgan fingerprint density at radius 2 is 1.76 bits per heavy atom. The Morgan fingerprint density at radius 3 is 2.40 bits per heavy atom. The summed E-state index contributed by atoms with van der Waals surface area (Å²) in [6.45, 7) is 2.82. The fourth-order valence-corrected chi connectivity index (χ4v) is 7.00. The molecule has 4 N–H and O–H groups in total. The van der Waals surface area contributed by atoms with E-state index in [4.69, 9.17) is 0 Å². The standard InChI is InChI=1S/C28H26F2N4O7S/c1-28(2)22(27(40)41)34-25(39)20(26(34)42-28)32-24(38)19(13-6-4-3-5-7-13)31-23(37)15-12-33(8-9-35)18-11-17(30)16(29)10-14(18)21(15)36/h3-7,10-12,19-20,22,26,35H,8-9H2,1-2H3,(H,31,37)(H,32,38)(H,40,41)/t19?,20?,22-,26+/m0/s1. The molecule has 3 heterocycles. The number of aromatic nitrogens is 1. The lowest BCUT2D eigenvalue weighted by atomic mass is 9.95. The Hall–Kier alpha value is -4.30. The van der Waals surface area contributed by atoms with Gasteiger partial charge in [0, 0.05) is 28.9 Å². The second-order valence-electron chi connectivity index (χ2n) is 10.5. The number of nitrogens with one attached hydrogen (secondary N) is 2. The fraction of sp³-hybridized carbons (Fsp3) is 0.321. The molecular weight excluding hydrogens is 574 g/mol. The van der Waals surface area contributed by atoms with Crippen LogP contribution in [0.5, 0.6) is 0 Å². The van der Waals surface area contributed by atoms with E-state index in [1.165, 1.54) is 21.2 Å². The van der Waals surface area contributed by atoms with E-state index in [1.54, 1.807) is 44.2 Å². The number of carbonyl (C=O) groups excluding carboxylic acids is 3. The zero-order chi connectivity index (χ0) is 30.5. The van der Waals surface area contributed by atoms with Crippen molar-refractivity contribution >= 4 is 46.4 Å². The molecule has 2 aliphatic heterocycles. The summed E-state index contributed by atoms with van der Waals surface area (Å²) in [7, 11) is 0. The minimum Gasteiger partial charge on any atom is -0.480 e. The number of hydrogen-bond donors (Lipinski definition) is 4. The molecule has 2 saturated heterocycles. The number of nitrogens with zero attached hydrogens (tertiary/aromatic N) is 2. The zero-order valence-corrected chi connectivity index (χ0v) is 23.2. The Morgan fingerprint density at radius 1 is 1.10 bits per heavy atom. The van der Waals surface area contributed by atoms with E-state index in [0.29, 0.717) is 11.6 Å². The van der Waals surface area contributed by atoms with Crippen molar-refractivity contribution in [2.75, 3.05) is 6.61 Å². The topological polar surface area (TPSA) is 158 Å². The first-order valence-corrected chi connectivity index (χ1v) is 13.8. The van der Waals surface area contributed by atoms with Gasteiger partial charge in [0.15, 0.2) is 11.6 Å². The van der Waals surface area contributed by atoms with E-state index in [1.807, 2.05) is 0 Å². The van der Waals surface area contributed by atoms with Crippen molar-refractivity contribution < 1.29 is 38.2 Å². The zero-order valence-electron chi connectivity index (χ0n) is 22.3. The van der Waals surface area contributed by atoms with Gasteiger partial charge < -0.3 is 30.3 Å². The smallest absolute Gasteiger partial charge is 0.327 e. The summed E-state index contributed by atoms with van der Waals surface area (Å²) < 4.78 is 28.4. The van der Waals surface area contributed by atoms with Crippen LogP contribution in [0.3, 0.4) is 0 Å². The van der Waals surface area contributed by atoms with Crippen molar-refractivity contribution in [3.8, 4) is 0 Å². The van der Waals surface area contributed by atoms with Crippen LogP contribution in [-0.4, -0.2) is 72.2 Å². The Bertz CT molecular complexity index is 1680. The van der Waals surface area contributed by atoms with Crippen molar-refractivity contribution in [1.82, 2.24) is 20.1 Å². The highest BCUT2D eigenvalue weighted by molar-refractivity contribution is 8.01. The summed E-state index contributed by atoms with van der Waals surface area (Å²) in [4.78, 5) is 66.2. The van der Waals surface area contributed by atoms with Gasteiger partial charge in [-0.2, -0.15) is 0 Å². The first kappa shape index (κ1) is 29.2. The van der Waals surface area contributed by atoms with Crippen LogP contribution in [0, 0.1) is 11.6 Å². The fourth-order valence-electron chi connectivity index (χ4n) is 5.38. The number of benzene rings is 2. The molecule has 220 valence electrons. The molecule has 14 heteroatoms. The van der Waals surface area contributed by atoms with Gasteiger partial charge in [-0.25, -0.2) is 13.6 Å². The minimum absolute atomic E-state index is 0.0356. The number of aliphatic carboxylic acids is 1. The third-order valence-corrected chi connectivity index (χ3v) is 8.92. The van der Waals surface area contributed by atoms with Crippen LogP contribution < -0.4 is 16.1 Å². The Balaban J connectivity index is 1.45. The summed E-state index contributed by atoms with van der Waals surface area (Å²) in [5.41, 5.74) is -1.12. The molecule has 1 aromatic heterocycles. The lowest BCUT2D eigenvalue weighted by molar-refractivity contribution is -0.161. The average molecular weight is 601 g/mol. The van der Waals surface area contributed by atoms with Crippen molar-refractivity contribution in [3.05, 3.63) is 81.6 Å². The van der Waals surface area contributed by atoms with Crippen LogP contribution in [-0.2, 0) is 20.9 Å². The van der Waals surface area contributed by atoms with Gasteiger partial charge in [-0.05, 0) is 25.5 Å². The molecule has 0 radical (unpaired) electrons. The number of hydrogen-bond acceptors (Lipinski definition) is 7. The van der Waals surface area contributed by atoms with Crippen LogP contribution >= 0.6 is 11.8 Å². The maximum Gasteiger partial charge on any atom is 0.327 e. The summed E-state index contributed by atoms with van der Waals surface area (Å²) >= 11 is 1.24. The first-order chi connectivity index (χ1) is 19.9. The van der Waals surface area contributed by atoms with Crippen LogP contribution in [0.15, 0.2) is 53.5 Å². The number of carboxylic acid groups (broad SMARTS) is 1. The summed E-state index contributed by atoms with van der Waals surface area (Å²) in [6.07, 6.45) is 1.09. The van der Waals surface area contributed by atoms with Crippen molar-refractivity contribution in [2.45, 2.75) is 48.6 Å². The maximum absolute atomic E-state index is 14.0. The predicted molar refractivity (Wildman–Crippen MR) is 148 cm³/mol. The third-order valence-electron chi connectivity index (χ3n) is 7.35. The van der Waals surface area contributed by atoms with Crippen molar-refractivity contribution in [3.63, 3.8) is 0 Å². The number of amides is 3. The average Bonchev–Trinajstić information content (AvgIpc) is 3.21. The van der Waals surface area contributed by atoms with E-state index < -0.39 is 81.2 Å². The van der Waals surface area contributed by atoms with Gasteiger partial charge in [-0.15, -0.1) is 11.8 Å². The second-order valence-corrected chi connectivity index (χ2v) is 12.2. The molecule has 11 nitrogen and oxygen atoms in total. The molecule has 42 heavy (non-hydrogen) atoms. The van der Waals surface area contributed by atoms with E-state index >= 15 is 0 Å². The molecule has 0 bridgehead atoms. The number of carboxylic acids is 1. The lowest BCUT2D eigenvalue weighted by Crippen LogP contribution is -2.71. The molecule has 0 aliphatic carbocycles. The quantitative estimate of drug-likeness (QED) is 0.283. The van der Waals surface area contributed by atoms with Gasteiger partial charge in [-0.3, -0.25) is 19.2 Å². The molecule has 5 rings (SSSR count). The number of pyridine rings is 1. The maximum atomic E-state index is 14.0. The molecule has 0 spiro atoms. The number of aliphatic hydroxyl groups is 1. The van der Waals surface area contributed by atoms with Gasteiger partial charge >= 0.3 is 5.97 Å². The minimum atomic E-state index is -1.39. The van der Waals surface area contributed by atoms with Gasteiger partial charge in [-0.1, -0.05) is 30.3 Å². The Kier molecular flexibility index (Phi) is 7.53. The van der Waals surface area contributed by atoms with Gasteiger partial charge in [0.25, 0.3) is 5.91 Å². The number of carbonyl (C=O) groups is 4. The predicted octanol–water partition coefficient (Wildman–Crippen LogP) is 1.37. The molecule has 2 unspecified atom stereocenters. The largest absolute Gasteiger partial charge is 0.480 e. The lowest BCUT2D eigenvalue weighted by Gasteiger charge is -2.44. The SMILES string of the molecule is CC1(C)S[C@@H]2C(NC(=O)C(NC(=O)c3cn(CCO)c4cc(F)c(F)cc4c3=O)c3ccccc3)C(=O)N2[C@H]1C(=O)O. The highest BCUT2D eigenvalue weighted by Crippen LogP contribution is 2.50. The first-order valence-electron chi connectivity index (χ1n) is 12.9. The molecule has 4 atom stereocenters. The van der Waals surface area contributed by atoms with Crippen LogP contribution in [0.4, 0.5) is 8.78 Å². The van der Waals surface area contributed by atoms with Gasteiger partial charge in [0.1, 0.15) is 29.1 Å². The number of thioether (sulfide) groups is 1. The van der Waals surface area contributed by atoms with E-state index in [9.17, 15) is 43.0 Å². The molecular formula is C28H26F2N4O7S. The van der Waals surface area contributed by atoms with Gasteiger partial charge in [0.05, 0.1) is 12.1 Å². The van der Waals surface area contributed by atoms with Gasteiger partial charge in [0.2, 0.25) is 17.2 Å². The van der Waals surface area contributed by atoms with Crippen molar-refractivity contribution in [1.29, 1.82) is 0 Å². The molecule has 2 aliphatic rings.